The highest BCUT2D eigenvalue weighted by molar-refractivity contribution is 6.08. The number of nitrogens with zero attached hydrogens (tertiary/aromatic N) is 1. The van der Waals surface area contributed by atoms with Gasteiger partial charge in [-0.2, -0.15) is 0 Å². The maximum Gasteiger partial charge on any atom is 0.171 e. The molecule has 2 nitrogen and oxygen atoms in total. The van der Waals surface area contributed by atoms with Gasteiger partial charge in [-0.1, -0.05) is 30.7 Å². The smallest absolute Gasteiger partial charge is 0.171 e. The highest BCUT2D eigenvalue weighted by atomic mass is 16.1. The van der Waals surface area contributed by atoms with Gasteiger partial charge in [0.05, 0.1) is 5.41 Å². The number of carbonyl (C=O) groups excluding carboxylic acids is 1. The standard InChI is InChI=1S/C15H17NO/c1-16-9-14-7-4-8-15(14,10-16)13(17)11-5-2-3-6-12(11)14/h2-3,5-6H,4,7-10H2,1H3/t14-,15+/m1/s1. The zero-order valence-electron chi connectivity index (χ0n) is 10.2. The van der Waals surface area contributed by atoms with E-state index in [2.05, 4.69) is 24.1 Å². The third-order valence-electron chi connectivity index (χ3n) is 5.32. The van der Waals surface area contributed by atoms with Gasteiger partial charge in [-0.3, -0.25) is 4.79 Å². The molecule has 2 atom stereocenters. The third-order valence-corrected chi connectivity index (χ3v) is 5.32. The fourth-order valence-corrected chi connectivity index (χ4v) is 4.85. The van der Waals surface area contributed by atoms with Crippen molar-refractivity contribution >= 4 is 5.78 Å². The van der Waals surface area contributed by atoms with Gasteiger partial charge >= 0.3 is 0 Å². The van der Waals surface area contributed by atoms with E-state index in [1.54, 1.807) is 0 Å². The highest BCUT2D eigenvalue weighted by Gasteiger charge is 2.68. The molecular weight excluding hydrogens is 210 g/mol. The Kier molecular flexibility index (Phi) is 1.62. The van der Waals surface area contributed by atoms with Gasteiger partial charge in [0.2, 0.25) is 0 Å². The fourth-order valence-electron chi connectivity index (χ4n) is 4.85. The zero-order chi connectivity index (χ0) is 11.7. The SMILES string of the molecule is CN1C[C@]23CCC[C@@]2(C1)c1ccccc1C3=O. The van der Waals surface area contributed by atoms with E-state index >= 15 is 0 Å². The van der Waals surface area contributed by atoms with Crippen molar-refractivity contribution in [1.82, 2.24) is 4.90 Å². The Hall–Kier alpha value is -1.15. The minimum absolute atomic E-state index is 0.0779. The molecule has 0 spiro atoms. The Bertz CT molecular complexity index is 523. The van der Waals surface area contributed by atoms with Gasteiger partial charge in [0, 0.05) is 24.1 Å². The minimum Gasteiger partial charge on any atom is -0.304 e. The van der Waals surface area contributed by atoms with Crippen LogP contribution in [0.3, 0.4) is 0 Å². The summed E-state index contributed by atoms with van der Waals surface area (Å²) >= 11 is 0. The van der Waals surface area contributed by atoms with Crippen LogP contribution < -0.4 is 0 Å². The predicted molar refractivity (Wildman–Crippen MR) is 66.2 cm³/mol. The average molecular weight is 227 g/mol. The summed E-state index contributed by atoms with van der Waals surface area (Å²) in [5.74, 6) is 0.426. The number of ketones is 1. The van der Waals surface area contributed by atoms with E-state index < -0.39 is 0 Å². The number of hydrogen-bond donors (Lipinski definition) is 0. The van der Waals surface area contributed by atoms with Crippen molar-refractivity contribution in [1.29, 1.82) is 0 Å². The number of Topliss-reactive ketones (excluding diaryl/α,β-unsaturated/α-hetero) is 1. The molecule has 0 amide bonds. The number of rotatable bonds is 0. The van der Waals surface area contributed by atoms with Crippen molar-refractivity contribution in [3.05, 3.63) is 35.4 Å². The molecule has 1 saturated carbocycles. The van der Waals surface area contributed by atoms with Gasteiger partial charge in [0.15, 0.2) is 5.78 Å². The van der Waals surface area contributed by atoms with Crippen LogP contribution in [0, 0.1) is 5.41 Å². The number of likely N-dealkylation sites (N-methyl/N-ethyl adjacent to an activating group) is 1. The van der Waals surface area contributed by atoms with Crippen LogP contribution in [0.1, 0.15) is 35.2 Å². The molecule has 0 unspecified atom stereocenters. The van der Waals surface area contributed by atoms with E-state index in [1.165, 1.54) is 18.4 Å². The molecule has 1 aromatic carbocycles. The van der Waals surface area contributed by atoms with Crippen molar-refractivity contribution < 1.29 is 4.79 Å². The van der Waals surface area contributed by atoms with Crippen molar-refractivity contribution in [2.24, 2.45) is 5.41 Å². The second-order valence-corrected chi connectivity index (χ2v) is 6.06. The van der Waals surface area contributed by atoms with Crippen LogP contribution in [0.25, 0.3) is 0 Å². The first-order valence-corrected chi connectivity index (χ1v) is 6.53. The lowest BCUT2D eigenvalue weighted by Crippen LogP contribution is -2.39. The lowest BCUT2D eigenvalue weighted by Gasteiger charge is -2.31. The lowest BCUT2D eigenvalue weighted by atomic mass is 9.68. The molecule has 0 N–H and O–H groups in total. The summed E-state index contributed by atoms with van der Waals surface area (Å²) in [6.07, 6.45) is 3.50. The molecule has 0 aromatic heterocycles. The molecule has 17 heavy (non-hydrogen) atoms. The summed E-state index contributed by atoms with van der Waals surface area (Å²) in [6.45, 7) is 2.02. The summed E-state index contributed by atoms with van der Waals surface area (Å²) < 4.78 is 0. The molecule has 1 aliphatic heterocycles. The molecule has 88 valence electrons. The van der Waals surface area contributed by atoms with Crippen LogP contribution in [0.4, 0.5) is 0 Å². The molecule has 4 rings (SSSR count). The summed E-state index contributed by atoms with van der Waals surface area (Å²) in [6, 6.07) is 8.32. The Morgan fingerprint density at radius 2 is 1.82 bits per heavy atom. The van der Waals surface area contributed by atoms with Crippen molar-refractivity contribution in [3.8, 4) is 0 Å². The van der Waals surface area contributed by atoms with Crippen molar-refractivity contribution in [3.63, 3.8) is 0 Å². The van der Waals surface area contributed by atoms with E-state index in [9.17, 15) is 4.79 Å². The van der Waals surface area contributed by atoms with Gasteiger partial charge in [-0.05, 0) is 25.5 Å². The molecule has 2 aliphatic carbocycles. The maximum absolute atomic E-state index is 12.8. The van der Waals surface area contributed by atoms with Gasteiger partial charge < -0.3 is 4.90 Å². The largest absolute Gasteiger partial charge is 0.304 e. The van der Waals surface area contributed by atoms with Crippen molar-refractivity contribution in [2.75, 3.05) is 20.1 Å². The van der Waals surface area contributed by atoms with Crippen LogP contribution in [-0.2, 0) is 5.41 Å². The first kappa shape index (κ1) is 9.84. The number of carbonyl (C=O) groups is 1. The molecule has 2 heteroatoms. The topological polar surface area (TPSA) is 20.3 Å². The van der Waals surface area contributed by atoms with Crippen LogP contribution in [0.15, 0.2) is 24.3 Å². The molecular formula is C15H17NO. The summed E-state index contributed by atoms with van der Waals surface area (Å²) in [4.78, 5) is 15.1. The zero-order valence-corrected chi connectivity index (χ0v) is 10.2. The lowest BCUT2D eigenvalue weighted by molar-refractivity contribution is 0.0784. The summed E-state index contributed by atoms with van der Waals surface area (Å²) in [5.41, 5.74) is 2.42. The molecule has 0 bridgehead atoms. The van der Waals surface area contributed by atoms with Crippen LogP contribution >= 0.6 is 0 Å². The summed E-state index contributed by atoms with van der Waals surface area (Å²) in [7, 11) is 2.16. The van der Waals surface area contributed by atoms with Crippen molar-refractivity contribution in [2.45, 2.75) is 24.7 Å². The Morgan fingerprint density at radius 3 is 2.71 bits per heavy atom. The Balaban J connectivity index is 2.04. The van der Waals surface area contributed by atoms with Crippen LogP contribution in [-0.4, -0.2) is 30.8 Å². The van der Waals surface area contributed by atoms with E-state index in [-0.39, 0.29) is 10.8 Å². The van der Waals surface area contributed by atoms with E-state index in [4.69, 9.17) is 0 Å². The van der Waals surface area contributed by atoms with Gasteiger partial charge in [0.1, 0.15) is 0 Å². The van der Waals surface area contributed by atoms with E-state index in [0.29, 0.717) is 5.78 Å². The van der Waals surface area contributed by atoms with Gasteiger partial charge in [-0.15, -0.1) is 0 Å². The quantitative estimate of drug-likeness (QED) is 0.677. The highest BCUT2D eigenvalue weighted by Crippen LogP contribution is 2.64. The normalized spacial score (nSPS) is 39.2. The Morgan fingerprint density at radius 1 is 1.12 bits per heavy atom. The average Bonchev–Trinajstić information content (AvgIpc) is 2.85. The second kappa shape index (κ2) is 2.81. The molecule has 0 radical (unpaired) electrons. The molecule has 3 aliphatic rings. The first-order chi connectivity index (χ1) is 8.20. The molecule has 2 fully saturated rings. The monoisotopic (exact) mass is 227 g/mol. The van der Waals surface area contributed by atoms with Gasteiger partial charge in [0.25, 0.3) is 0 Å². The van der Waals surface area contributed by atoms with Crippen LogP contribution in [0.2, 0.25) is 0 Å². The number of hydrogen-bond acceptors (Lipinski definition) is 2. The molecule has 1 saturated heterocycles. The predicted octanol–water partition coefficient (Wildman–Crippen LogP) is 2.24. The number of benzene rings is 1. The van der Waals surface area contributed by atoms with Crippen LogP contribution in [0.5, 0.6) is 0 Å². The Labute approximate surface area is 102 Å². The minimum atomic E-state index is -0.0779. The maximum atomic E-state index is 12.8. The molecule has 1 heterocycles. The second-order valence-electron chi connectivity index (χ2n) is 6.06. The fraction of sp³-hybridized carbons (Fsp3) is 0.533. The van der Waals surface area contributed by atoms with E-state index in [1.807, 2.05) is 12.1 Å². The third kappa shape index (κ3) is 0.878. The number of fused-ring (bicyclic) bond motifs is 1. The number of likely N-dealkylation sites (tertiary alicyclic amines) is 1. The summed E-state index contributed by atoms with van der Waals surface area (Å²) in [5, 5.41) is 0. The first-order valence-electron chi connectivity index (χ1n) is 6.53. The van der Waals surface area contributed by atoms with E-state index in [0.717, 1.165) is 25.1 Å². The molecule has 1 aromatic rings. The van der Waals surface area contributed by atoms with Gasteiger partial charge in [-0.25, -0.2) is 0 Å².